The van der Waals surface area contributed by atoms with Crippen LogP contribution in [0.5, 0.6) is 0 Å². The molecule has 2 nitrogen and oxygen atoms in total. The van der Waals surface area contributed by atoms with E-state index in [-0.39, 0.29) is 0 Å². The summed E-state index contributed by atoms with van der Waals surface area (Å²) in [7, 11) is 0. The molecule has 1 aliphatic carbocycles. The number of nitrogens with one attached hydrogen (secondary N) is 1. The van der Waals surface area contributed by atoms with Gasteiger partial charge in [0.2, 0.25) is 0 Å². The van der Waals surface area contributed by atoms with Crippen molar-refractivity contribution in [3.05, 3.63) is 22.8 Å². The summed E-state index contributed by atoms with van der Waals surface area (Å²) in [5, 5.41) is 3.40. The van der Waals surface area contributed by atoms with E-state index in [4.69, 9.17) is 0 Å². The summed E-state index contributed by atoms with van der Waals surface area (Å²) in [5.41, 5.74) is 0. The van der Waals surface area contributed by atoms with Gasteiger partial charge in [-0.1, -0.05) is 13.3 Å². The molecule has 0 spiro atoms. The van der Waals surface area contributed by atoms with Crippen LogP contribution in [0.3, 0.4) is 0 Å². The maximum Gasteiger partial charge on any atom is 0.125 e. The molecule has 1 fully saturated rings. The number of aromatic nitrogens is 1. The van der Waals surface area contributed by atoms with E-state index in [1.54, 1.807) is 0 Å². The largest absolute Gasteiger partial charge is 0.370 e. The van der Waals surface area contributed by atoms with Crippen LogP contribution in [0.25, 0.3) is 0 Å². The third kappa shape index (κ3) is 3.20. The Morgan fingerprint density at radius 2 is 2.33 bits per heavy atom. The lowest BCUT2D eigenvalue weighted by molar-refractivity contribution is 0.536. The van der Waals surface area contributed by atoms with E-state index in [0.717, 1.165) is 28.7 Å². The van der Waals surface area contributed by atoms with Crippen molar-refractivity contribution in [1.29, 1.82) is 0 Å². The lowest BCUT2D eigenvalue weighted by Crippen LogP contribution is -2.12. The van der Waals surface area contributed by atoms with Crippen LogP contribution in [0.2, 0.25) is 0 Å². The summed E-state index contributed by atoms with van der Waals surface area (Å²) in [6.07, 6.45) is 5.95. The third-order valence-corrected chi connectivity index (χ3v) is 3.57. The van der Waals surface area contributed by atoms with Gasteiger partial charge in [-0.25, -0.2) is 4.98 Å². The van der Waals surface area contributed by atoms with Gasteiger partial charge >= 0.3 is 0 Å². The molecule has 15 heavy (non-hydrogen) atoms. The zero-order valence-corrected chi connectivity index (χ0v) is 10.6. The second-order valence-electron chi connectivity index (χ2n) is 4.53. The first-order valence-electron chi connectivity index (χ1n) is 5.59. The van der Waals surface area contributed by atoms with E-state index in [1.807, 2.05) is 18.3 Å². The van der Waals surface area contributed by atoms with Crippen LogP contribution >= 0.6 is 15.9 Å². The monoisotopic (exact) mass is 268 g/mol. The van der Waals surface area contributed by atoms with Gasteiger partial charge in [0.25, 0.3) is 0 Å². The molecule has 0 saturated heterocycles. The second kappa shape index (κ2) is 4.97. The molecule has 1 heterocycles. The van der Waals surface area contributed by atoms with Crippen molar-refractivity contribution in [2.45, 2.75) is 26.2 Å². The Labute approximate surface area is 99.6 Å². The lowest BCUT2D eigenvalue weighted by atomic mass is 10.1. The molecular formula is C12H17BrN2. The van der Waals surface area contributed by atoms with Gasteiger partial charge in [-0.2, -0.15) is 0 Å². The minimum Gasteiger partial charge on any atom is -0.370 e. The zero-order valence-electron chi connectivity index (χ0n) is 9.04. The van der Waals surface area contributed by atoms with E-state index in [2.05, 4.69) is 33.2 Å². The predicted molar refractivity (Wildman–Crippen MR) is 66.9 cm³/mol. The quantitative estimate of drug-likeness (QED) is 0.905. The highest BCUT2D eigenvalue weighted by molar-refractivity contribution is 9.10. The number of pyridine rings is 1. The Kier molecular flexibility index (Phi) is 3.62. The Morgan fingerprint density at radius 3 is 2.93 bits per heavy atom. The fraction of sp³-hybridized carbons (Fsp3) is 0.583. The molecule has 2 rings (SSSR count). The van der Waals surface area contributed by atoms with Gasteiger partial charge in [0, 0.05) is 17.2 Å². The second-order valence-corrected chi connectivity index (χ2v) is 5.44. The smallest absolute Gasteiger partial charge is 0.125 e. The summed E-state index contributed by atoms with van der Waals surface area (Å²) in [5.74, 6) is 2.73. The van der Waals surface area contributed by atoms with E-state index in [1.165, 1.54) is 19.3 Å². The van der Waals surface area contributed by atoms with Gasteiger partial charge in [-0.05, 0) is 52.7 Å². The molecule has 0 aliphatic heterocycles. The van der Waals surface area contributed by atoms with Crippen LogP contribution in [0.1, 0.15) is 26.2 Å². The van der Waals surface area contributed by atoms with Gasteiger partial charge in [0.1, 0.15) is 5.82 Å². The molecule has 2 atom stereocenters. The van der Waals surface area contributed by atoms with Crippen molar-refractivity contribution >= 4 is 21.7 Å². The Balaban J connectivity index is 1.80. The van der Waals surface area contributed by atoms with Crippen LogP contribution < -0.4 is 5.32 Å². The molecule has 1 saturated carbocycles. The van der Waals surface area contributed by atoms with E-state index in [9.17, 15) is 0 Å². The van der Waals surface area contributed by atoms with Gasteiger partial charge in [-0.15, -0.1) is 0 Å². The molecule has 3 heteroatoms. The topological polar surface area (TPSA) is 24.9 Å². The molecule has 1 aromatic rings. The molecule has 0 amide bonds. The van der Waals surface area contributed by atoms with E-state index >= 15 is 0 Å². The molecule has 1 N–H and O–H groups in total. The minimum atomic E-state index is 0.838. The maximum atomic E-state index is 4.30. The number of nitrogens with zero attached hydrogens (tertiary/aromatic N) is 1. The number of rotatable bonds is 3. The van der Waals surface area contributed by atoms with Crippen LogP contribution in [-0.2, 0) is 0 Å². The lowest BCUT2D eigenvalue weighted by Gasteiger charge is -2.11. The molecule has 82 valence electrons. The molecule has 0 bridgehead atoms. The molecule has 2 unspecified atom stereocenters. The number of anilines is 1. The first kappa shape index (κ1) is 10.9. The minimum absolute atomic E-state index is 0.838. The third-order valence-electron chi connectivity index (χ3n) is 3.10. The number of hydrogen-bond donors (Lipinski definition) is 1. The van der Waals surface area contributed by atoms with Crippen molar-refractivity contribution in [2.24, 2.45) is 11.8 Å². The van der Waals surface area contributed by atoms with Crippen LogP contribution in [0.15, 0.2) is 22.8 Å². The summed E-state index contributed by atoms with van der Waals surface area (Å²) in [6.45, 7) is 3.41. The molecule has 1 aromatic heterocycles. The van der Waals surface area contributed by atoms with Crippen molar-refractivity contribution in [1.82, 2.24) is 4.98 Å². The van der Waals surface area contributed by atoms with E-state index in [0.29, 0.717) is 0 Å². The molecule has 0 aromatic carbocycles. The summed E-state index contributed by atoms with van der Waals surface area (Å²) >= 11 is 3.38. The van der Waals surface area contributed by atoms with Gasteiger partial charge in [0.05, 0.1) is 0 Å². The molecular weight excluding hydrogens is 252 g/mol. The Hall–Kier alpha value is -0.570. The van der Waals surface area contributed by atoms with Crippen molar-refractivity contribution < 1.29 is 0 Å². The van der Waals surface area contributed by atoms with Crippen LogP contribution in [-0.4, -0.2) is 11.5 Å². The Bertz CT molecular complexity index is 310. The fourth-order valence-corrected chi connectivity index (χ4v) is 2.47. The highest BCUT2D eigenvalue weighted by atomic mass is 79.9. The Morgan fingerprint density at radius 1 is 1.47 bits per heavy atom. The summed E-state index contributed by atoms with van der Waals surface area (Å²) < 4.78 is 1.03. The van der Waals surface area contributed by atoms with Crippen molar-refractivity contribution in [3.8, 4) is 0 Å². The SMILES string of the molecule is CC1CCC(CNc2ccc(Br)cn2)C1. The normalized spacial score (nSPS) is 25.5. The number of hydrogen-bond acceptors (Lipinski definition) is 2. The standard InChI is InChI=1S/C12H17BrN2/c1-9-2-3-10(6-9)7-14-12-5-4-11(13)8-15-12/h4-5,8-10H,2-3,6-7H2,1H3,(H,14,15). The van der Waals surface area contributed by atoms with Crippen molar-refractivity contribution in [2.75, 3.05) is 11.9 Å². The summed E-state index contributed by atoms with van der Waals surface area (Å²) in [4.78, 5) is 4.30. The predicted octanol–water partition coefficient (Wildman–Crippen LogP) is 3.69. The molecule has 1 aliphatic rings. The first-order valence-corrected chi connectivity index (χ1v) is 6.39. The highest BCUT2D eigenvalue weighted by Crippen LogP contribution is 2.30. The average Bonchev–Trinajstić information content (AvgIpc) is 2.64. The summed E-state index contributed by atoms with van der Waals surface area (Å²) in [6, 6.07) is 4.04. The first-order chi connectivity index (χ1) is 7.24. The molecule has 0 radical (unpaired) electrons. The zero-order chi connectivity index (χ0) is 10.7. The van der Waals surface area contributed by atoms with Gasteiger partial charge in [0.15, 0.2) is 0 Å². The van der Waals surface area contributed by atoms with Gasteiger partial charge in [-0.3, -0.25) is 0 Å². The average molecular weight is 269 g/mol. The van der Waals surface area contributed by atoms with E-state index < -0.39 is 0 Å². The van der Waals surface area contributed by atoms with Gasteiger partial charge < -0.3 is 5.32 Å². The highest BCUT2D eigenvalue weighted by Gasteiger charge is 2.20. The fourth-order valence-electron chi connectivity index (χ4n) is 2.24. The van der Waals surface area contributed by atoms with Crippen LogP contribution in [0, 0.1) is 11.8 Å². The van der Waals surface area contributed by atoms with Crippen LogP contribution in [0.4, 0.5) is 5.82 Å². The number of halogens is 1. The van der Waals surface area contributed by atoms with Crippen molar-refractivity contribution in [3.63, 3.8) is 0 Å². The maximum absolute atomic E-state index is 4.30.